The van der Waals surface area contributed by atoms with E-state index in [9.17, 15) is 14.0 Å². The number of pyridine rings is 1. The van der Waals surface area contributed by atoms with Gasteiger partial charge in [0.1, 0.15) is 5.82 Å². The first-order valence-electron chi connectivity index (χ1n) is 10.5. The summed E-state index contributed by atoms with van der Waals surface area (Å²) in [4.78, 5) is 31.8. The summed E-state index contributed by atoms with van der Waals surface area (Å²) < 4.78 is 14.6. The Hall–Kier alpha value is -3.25. The van der Waals surface area contributed by atoms with Crippen molar-refractivity contribution >= 4 is 23.4 Å². The van der Waals surface area contributed by atoms with Crippen LogP contribution in [-0.4, -0.2) is 21.7 Å². The number of rotatable bonds is 6. The van der Waals surface area contributed by atoms with Crippen molar-refractivity contribution in [1.82, 2.24) is 9.88 Å². The molecule has 2 N–H and O–H groups in total. The highest BCUT2D eigenvalue weighted by molar-refractivity contribution is 6.30. The summed E-state index contributed by atoms with van der Waals surface area (Å²) in [6.45, 7) is 2.08. The third-order valence-electron chi connectivity index (χ3n) is 5.94. The van der Waals surface area contributed by atoms with Crippen LogP contribution in [0, 0.1) is 5.82 Å². The van der Waals surface area contributed by atoms with E-state index in [0.29, 0.717) is 52.8 Å². The van der Waals surface area contributed by atoms with Crippen LogP contribution in [0.1, 0.15) is 62.5 Å². The van der Waals surface area contributed by atoms with Gasteiger partial charge in [-0.1, -0.05) is 36.7 Å². The van der Waals surface area contributed by atoms with Gasteiger partial charge in [0.2, 0.25) is 5.91 Å². The molecule has 0 bridgehead atoms. The van der Waals surface area contributed by atoms with Gasteiger partial charge in [-0.15, -0.1) is 0 Å². The Kier molecular flexibility index (Phi) is 6.24. The van der Waals surface area contributed by atoms with E-state index in [1.807, 2.05) is 6.92 Å². The van der Waals surface area contributed by atoms with Gasteiger partial charge in [-0.25, -0.2) is 4.39 Å². The first-order chi connectivity index (χ1) is 15.4. The minimum atomic E-state index is -0.565. The maximum atomic E-state index is 14.6. The molecule has 32 heavy (non-hydrogen) atoms. The number of hydrogen-bond donors (Lipinski definition) is 1. The molecule has 0 spiro atoms. The molecular formula is C25H23ClFN3O2. The summed E-state index contributed by atoms with van der Waals surface area (Å²) in [6, 6.07) is 13.0. The molecule has 0 saturated heterocycles. The molecule has 1 heterocycles. The quantitative estimate of drug-likeness (QED) is 0.581. The van der Waals surface area contributed by atoms with E-state index in [0.717, 1.165) is 0 Å². The van der Waals surface area contributed by atoms with Gasteiger partial charge in [-0.2, -0.15) is 0 Å². The Morgan fingerprint density at radius 1 is 1.19 bits per heavy atom. The highest BCUT2D eigenvalue weighted by atomic mass is 35.5. The van der Waals surface area contributed by atoms with Crippen LogP contribution in [0.25, 0.3) is 0 Å². The number of fused-ring (bicyclic) bond motifs is 1. The molecule has 0 radical (unpaired) electrons. The number of primary amides is 1. The molecule has 0 aliphatic heterocycles. The monoisotopic (exact) mass is 451 g/mol. The third-order valence-corrected chi connectivity index (χ3v) is 6.16. The number of carbonyl (C=O) groups is 2. The molecule has 164 valence electrons. The molecule has 0 saturated carbocycles. The summed E-state index contributed by atoms with van der Waals surface area (Å²) in [5.41, 5.74) is 8.99. The van der Waals surface area contributed by atoms with E-state index >= 15 is 0 Å². The van der Waals surface area contributed by atoms with Crippen LogP contribution >= 0.6 is 11.6 Å². The molecule has 0 unspecified atom stereocenters. The number of aromatic nitrogens is 1. The topological polar surface area (TPSA) is 76.3 Å². The van der Waals surface area contributed by atoms with Crippen molar-refractivity contribution < 1.29 is 14.0 Å². The first-order valence-corrected chi connectivity index (χ1v) is 10.9. The molecular weight excluding hydrogens is 429 g/mol. The highest BCUT2D eigenvalue weighted by Crippen LogP contribution is 2.40. The predicted octanol–water partition coefficient (Wildman–Crippen LogP) is 4.87. The fourth-order valence-corrected chi connectivity index (χ4v) is 4.63. The number of halogens is 2. The van der Waals surface area contributed by atoms with Crippen molar-refractivity contribution in [1.29, 1.82) is 0 Å². The standard InChI is InChI=1S/C25H23ClFN3O2/c1-2-22-19(8-5-11-29-22)25(32)30(14-15-6-3-4-7-17(15)24(28)31)23-10-9-18-20(23)12-16(26)13-21(18)27/h3-8,11-13,23H,2,9-10,14H2,1H3,(H2,28,31)/t23-/m1/s1. The molecule has 0 fully saturated rings. The number of nitrogens with zero attached hydrogens (tertiary/aromatic N) is 2. The van der Waals surface area contributed by atoms with Crippen LogP contribution in [0.4, 0.5) is 4.39 Å². The number of nitrogens with two attached hydrogens (primary N) is 1. The van der Waals surface area contributed by atoms with Crippen molar-refractivity contribution in [2.45, 2.75) is 38.8 Å². The van der Waals surface area contributed by atoms with Crippen LogP contribution in [-0.2, 0) is 19.4 Å². The van der Waals surface area contributed by atoms with E-state index in [4.69, 9.17) is 17.3 Å². The second kappa shape index (κ2) is 9.09. The molecule has 1 aliphatic rings. The van der Waals surface area contributed by atoms with Crippen LogP contribution < -0.4 is 5.73 Å². The van der Waals surface area contributed by atoms with Gasteiger partial charge in [-0.3, -0.25) is 14.6 Å². The Morgan fingerprint density at radius 3 is 2.69 bits per heavy atom. The van der Waals surface area contributed by atoms with Gasteiger partial charge < -0.3 is 10.6 Å². The maximum absolute atomic E-state index is 14.6. The summed E-state index contributed by atoms with van der Waals surface area (Å²) >= 11 is 6.16. The average molecular weight is 452 g/mol. The lowest BCUT2D eigenvalue weighted by molar-refractivity contribution is 0.0654. The molecule has 3 aromatic rings. The van der Waals surface area contributed by atoms with E-state index in [-0.39, 0.29) is 23.3 Å². The number of amides is 2. The third kappa shape index (κ3) is 4.10. The van der Waals surface area contributed by atoms with Crippen LogP contribution in [0.3, 0.4) is 0 Å². The molecule has 1 aromatic heterocycles. The minimum absolute atomic E-state index is 0.147. The van der Waals surface area contributed by atoms with Gasteiger partial charge in [0.05, 0.1) is 17.3 Å². The van der Waals surface area contributed by atoms with Gasteiger partial charge >= 0.3 is 0 Å². The molecule has 5 nitrogen and oxygen atoms in total. The van der Waals surface area contributed by atoms with Crippen molar-refractivity contribution in [3.63, 3.8) is 0 Å². The Balaban J connectivity index is 1.82. The lowest BCUT2D eigenvalue weighted by Crippen LogP contribution is -2.35. The van der Waals surface area contributed by atoms with Gasteiger partial charge in [0, 0.05) is 23.3 Å². The Bertz CT molecular complexity index is 1200. The second-order valence-corrected chi connectivity index (χ2v) is 8.25. The second-order valence-electron chi connectivity index (χ2n) is 7.82. The van der Waals surface area contributed by atoms with Crippen LogP contribution in [0.15, 0.2) is 54.7 Å². The summed E-state index contributed by atoms with van der Waals surface area (Å²) in [7, 11) is 0. The highest BCUT2D eigenvalue weighted by Gasteiger charge is 2.34. The van der Waals surface area contributed by atoms with Crippen LogP contribution in [0.2, 0.25) is 5.02 Å². The smallest absolute Gasteiger partial charge is 0.256 e. The molecule has 4 rings (SSSR count). The van der Waals surface area contributed by atoms with Crippen LogP contribution in [0.5, 0.6) is 0 Å². The van der Waals surface area contributed by atoms with Crippen molar-refractivity contribution in [2.75, 3.05) is 0 Å². The zero-order valence-corrected chi connectivity index (χ0v) is 18.4. The summed E-state index contributed by atoms with van der Waals surface area (Å²) in [5, 5.41) is 0.286. The van der Waals surface area contributed by atoms with E-state index < -0.39 is 11.9 Å². The van der Waals surface area contributed by atoms with Crippen molar-refractivity contribution in [3.8, 4) is 0 Å². The van der Waals surface area contributed by atoms with Crippen molar-refractivity contribution in [3.05, 3.63) is 99.1 Å². The number of benzene rings is 2. The lowest BCUT2D eigenvalue weighted by Gasteiger charge is -2.31. The van der Waals surface area contributed by atoms with Gasteiger partial charge in [-0.05, 0) is 66.3 Å². The summed E-state index contributed by atoms with van der Waals surface area (Å²) in [5.74, 6) is -1.16. The average Bonchev–Trinajstić information content (AvgIpc) is 3.21. The zero-order chi connectivity index (χ0) is 22.8. The molecule has 1 atom stereocenters. The fraction of sp³-hybridized carbons (Fsp3) is 0.240. The Morgan fingerprint density at radius 2 is 1.94 bits per heavy atom. The first kappa shape index (κ1) is 22.0. The normalized spacial score (nSPS) is 14.8. The molecule has 2 aromatic carbocycles. The molecule has 1 aliphatic carbocycles. The lowest BCUT2D eigenvalue weighted by atomic mass is 10.0. The summed E-state index contributed by atoms with van der Waals surface area (Å²) in [6.07, 6.45) is 3.30. The van der Waals surface area contributed by atoms with E-state index in [2.05, 4.69) is 4.98 Å². The van der Waals surface area contributed by atoms with Crippen molar-refractivity contribution in [2.24, 2.45) is 5.73 Å². The number of hydrogen-bond acceptors (Lipinski definition) is 3. The number of carbonyl (C=O) groups excluding carboxylic acids is 2. The predicted molar refractivity (Wildman–Crippen MR) is 121 cm³/mol. The number of aryl methyl sites for hydroxylation is 1. The van der Waals surface area contributed by atoms with Gasteiger partial charge in [0.25, 0.3) is 5.91 Å². The van der Waals surface area contributed by atoms with Gasteiger partial charge in [0.15, 0.2) is 0 Å². The molecule has 7 heteroatoms. The van der Waals surface area contributed by atoms with E-state index in [1.165, 1.54) is 6.07 Å². The maximum Gasteiger partial charge on any atom is 0.256 e. The fourth-order valence-electron chi connectivity index (χ4n) is 4.42. The molecule has 2 amide bonds. The zero-order valence-electron chi connectivity index (χ0n) is 17.6. The largest absolute Gasteiger partial charge is 0.366 e. The minimum Gasteiger partial charge on any atom is -0.366 e. The SMILES string of the molecule is CCc1ncccc1C(=O)N(Cc1ccccc1C(N)=O)[C@@H]1CCc2c(F)cc(Cl)cc21. The van der Waals surface area contributed by atoms with E-state index in [1.54, 1.807) is 53.6 Å². The Labute approximate surface area is 191 Å².